The van der Waals surface area contributed by atoms with Crippen molar-refractivity contribution in [3.05, 3.63) is 38.9 Å². The normalized spacial score (nSPS) is 15.0. The monoisotopic (exact) mass is 353 g/mol. The Hall–Kier alpha value is -1.47. The Labute approximate surface area is 128 Å². The number of hydrogen-bond acceptors (Lipinski definition) is 5. The molecule has 0 N–H and O–H groups in total. The first-order chi connectivity index (χ1) is 9.63. The molecule has 3 rings (SSSR count). The molecule has 0 aliphatic carbocycles. The lowest BCUT2D eigenvalue weighted by Gasteiger charge is -2.38. The zero-order valence-corrected chi connectivity index (χ0v) is 13.1. The summed E-state index contributed by atoms with van der Waals surface area (Å²) in [5, 5.41) is 2.69. The molecule has 1 fully saturated rings. The second-order valence-electron chi connectivity index (χ2n) is 4.49. The number of amides is 1. The minimum Gasteiger partial charge on any atom is -0.470 e. The number of nitrogens with zero attached hydrogens (tertiary/aromatic N) is 3. The Kier molecular flexibility index (Phi) is 3.71. The van der Waals surface area contributed by atoms with E-state index < -0.39 is 0 Å². The zero-order valence-electron chi connectivity index (χ0n) is 10.7. The molecule has 1 amide bonds. The van der Waals surface area contributed by atoms with Gasteiger partial charge < -0.3 is 9.64 Å². The predicted octanol–water partition coefficient (Wildman–Crippen LogP) is 2.51. The third kappa shape index (κ3) is 2.69. The first kappa shape index (κ1) is 13.5. The number of carbonyl (C=O) groups excluding carboxylic acids is 1. The van der Waals surface area contributed by atoms with E-state index in [-0.39, 0.29) is 12.0 Å². The van der Waals surface area contributed by atoms with Crippen LogP contribution in [0.15, 0.2) is 28.2 Å². The van der Waals surface area contributed by atoms with E-state index in [1.54, 1.807) is 16.5 Å². The molecule has 3 heterocycles. The van der Waals surface area contributed by atoms with Gasteiger partial charge in [-0.25, -0.2) is 9.97 Å². The van der Waals surface area contributed by atoms with Crippen LogP contribution in [0.4, 0.5) is 0 Å². The third-order valence-corrected chi connectivity index (χ3v) is 4.35. The summed E-state index contributed by atoms with van der Waals surface area (Å²) in [6.07, 6.45) is 1.67. The van der Waals surface area contributed by atoms with Crippen LogP contribution in [0.1, 0.15) is 15.5 Å². The number of halogens is 1. The fourth-order valence-electron chi connectivity index (χ4n) is 1.92. The molecule has 1 saturated heterocycles. The van der Waals surface area contributed by atoms with Crippen LogP contribution in [-0.2, 0) is 0 Å². The van der Waals surface area contributed by atoms with Gasteiger partial charge in [0.25, 0.3) is 5.91 Å². The second kappa shape index (κ2) is 5.49. The van der Waals surface area contributed by atoms with E-state index in [0.717, 1.165) is 9.48 Å². The van der Waals surface area contributed by atoms with Crippen molar-refractivity contribution < 1.29 is 9.53 Å². The summed E-state index contributed by atoms with van der Waals surface area (Å²) < 4.78 is 6.55. The van der Waals surface area contributed by atoms with Crippen LogP contribution in [0.5, 0.6) is 5.88 Å². The van der Waals surface area contributed by atoms with Crippen molar-refractivity contribution in [3.8, 4) is 5.88 Å². The maximum Gasteiger partial charge on any atom is 0.273 e. The van der Waals surface area contributed by atoms with Crippen molar-refractivity contribution in [3.63, 3.8) is 0 Å². The highest BCUT2D eigenvalue weighted by Crippen LogP contribution is 2.25. The molecule has 0 radical (unpaired) electrons. The second-order valence-corrected chi connectivity index (χ2v) is 6.41. The van der Waals surface area contributed by atoms with E-state index in [2.05, 4.69) is 25.9 Å². The highest BCUT2D eigenvalue weighted by Gasteiger charge is 2.34. The standard InChI is InChI=1S/C13H12BrN3O2S/c1-8-16-11(7-20-8)13(18)17-5-9(6-17)19-12-10(14)3-2-4-15-12/h2-4,7,9H,5-6H2,1H3. The van der Waals surface area contributed by atoms with Crippen molar-refractivity contribution in [1.29, 1.82) is 0 Å². The number of likely N-dealkylation sites (tertiary alicyclic amines) is 1. The van der Waals surface area contributed by atoms with Crippen molar-refractivity contribution in [2.75, 3.05) is 13.1 Å². The summed E-state index contributed by atoms with van der Waals surface area (Å²) in [7, 11) is 0. The molecule has 1 aliphatic rings. The van der Waals surface area contributed by atoms with Gasteiger partial charge in [-0.3, -0.25) is 4.79 Å². The molecule has 5 nitrogen and oxygen atoms in total. The number of hydrogen-bond donors (Lipinski definition) is 0. The van der Waals surface area contributed by atoms with Crippen LogP contribution in [0.25, 0.3) is 0 Å². The molecule has 0 spiro atoms. The summed E-state index contributed by atoms with van der Waals surface area (Å²) in [6, 6.07) is 3.71. The van der Waals surface area contributed by atoms with Gasteiger partial charge in [-0.2, -0.15) is 0 Å². The highest BCUT2D eigenvalue weighted by molar-refractivity contribution is 9.10. The van der Waals surface area contributed by atoms with E-state index in [1.165, 1.54) is 11.3 Å². The van der Waals surface area contributed by atoms with Crippen molar-refractivity contribution in [2.24, 2.45) is 0 Å². The lowest BCUT2D eigenvalue weighted by Crippen LogP contribution is -2.56. The number of carbonyl (C=O) groups is 1. The summed E-state index contributed by atoms with van der Waals surface area (Å²) >= 11 is 4.87. The highest BCUT2D eigenvalue weighted by atomic mass is 79.9. The maximum atomic E-state index is 12.1. The minimum atomic E-state index is -0.0331. The summed E-state index contributed by atoms with van der Waals surface area (Å²) in [4.78, 5) is 22.2. The topological polar surface area (TPSA) is 55.3 Å². The first-order valence-electron chi connectivity index (χ1n) is 6.12. The Morgan fingerprint density at radius 1 is 1.55 bits per heavy atom. The predicted molar refractivity (Wildman–Crippen MR) is 79.1 cm³/mol. The van der Waals surface area contributed by atoms with Gasteiger partial charge >= 0.3 is 0 Å². The molecule has 2 aromatic rings. The molecule has 0 unspecified atom stereocenters. The molecular formula is C13H12BrN3O2S. The summed E-state index contributed by atoms with van der Waals surface area (Å²) in [5.41, 5.74) is 0.518. The van der Waals surface area contributed by atoms with Gasteiger partial charge in [-0.05, 0) is 35.0 Å². The third-order valence-electron chi connectivity index (χ3n) is 2.98. The Morgan fingerprint density at radius 3 is 3.00 bits per heavy atom. The lowest BCUT2D eigenvalue weighted by molar-refractivity contribution is 0.0153. The number of thiazole rings is 1. The van der Waals surface area contributed by atoms with E-state index in [4.69, 9.17) is 4.74 Å². The lowest BCUT2D eigenvalue weighted by atomic mass is 10.1. The molecule has 0 bridgehead atoms. The summed E-state index contributed by atoms with van der Waals surface area (Å²) in [6.45, 7) is 3.03. The molecule has 104 valence electrons. The van der Waals surface area contributed by atoms with Crippen molar-refractivity contribution in [2.45, 2.75) is 13.0 Å². The number of ether oxygens (including phenoxy) is 1. The van der Waals surface area contributed by atoms with Crippen LogP contribution in [0.2, 0.25) is 0 Å². The average molecular weight is 354 g/mol. The fourth-order valence-corrected chi connectivity index (χ4v) is 2.85. The number of pyridine rings is 1. The average Bonchev–Trinajstić information content (AvgIpc) is 2.81. The van der Waals surface area contributed by atoms with Gasteiger partial charge in [-0.1, -0.05) is 0 Å². The van der Waals surface area contributed by atoms with E-state index in [0.29, 0.717) is 24.7 Å². The van der Waals surface area contributed by atoms with Gasteiger partial charge in [0.2, 0.25) is 5.88 Å². The van der Waals surface area contributed by atoms with E-state index in [1.807, 2.05) is 19.1 Å². The van der Waals surface area contributed by atoms with Crippen LogP contribution < -0.4 is 4.74 Å². The Bertz CT molecular complexity index is 640. The van der Waals surface area contributed by atoms with Crippen molar-refractivity contribution in [1.82, 2.24) is 14.9 Å². The molecule has 0 aromatic carbocycles. The van der Waals surface area contributed by atoms with Crippen LogP contribution in [0, 0.1) is 6.92 Å². The van der Waals surface area contributed by atoms with E-state index in [9.17, 15) is 4.79 Å². The fraction of sp³-hybridized carbons (Fsp3) is 0.308. The van der Waals surface area contributed by atoms with Gasteiger partial charge in [0.05, 0.1) is 22.6 Å². The molecule has 1 aliphatic heterocycles. The van der Waals surface area contributed by atoms with Gasteiger partial charge in [-0.15, -0.1) is 11.3 Å². The maximum absolute atomic E-state index is 12.1. The summed E-state index contributed by atoms with van der Waals surface area (Å²) in [5.74, 6) is 0.531. The first-order valence-corrected chi connectivity index (χ1v) is 7.79. The smallest absolute Gasteiger partial charge is 0.273 e. The van der Waals surface area contributed by atoms with Gasteiger partial charge in [0.15, 0.2) is 0 Å². The van der Waals surface area contributed by atoms with Crippen LogP contribution >= 0.6 is 27.3 Å². The number of aromatic nitrogens is 2. The Balaban J connectivity index is 1.57. The molecule has 20 heavy (non-hydrogen) atoms. The van der Waals surface area contributed by atoms with Gasteiger partial charge in [0, 0.05) is 11.6 Å². The molecule has 0 atom stereocenters. The Morgan fingerprint density at radius 2 is 2.35 bits per heavy atom. The van der Waals surface area contributed by atoms with Gasteiger partial charge in [0.1, 0.15) is 11.8 Å². The minimum absolute atomic E-state index is 0.00937. The quantitative estimate of drug-likeness (QED) is 0.850. The molecule has 0 saturated carbocycles. The SMILES string of the molecule is Cc1nc(C(=O)N2CC(Oc3ncccc3Br)C2)cs1. The zero-order chi connectivity index (χ0) is 14.1. The van der Waals surface area contributed by atoms with E-state index >= 15 is 0 Å². The number of aryl methyl sites for hydroxylation is 1. The molecular weight excluding hydrogens is 342 g/mol. The molecule has 7 heteroatoms. The number of rotatable bonds is 3. The van der Waals surface area contributed by atoms with Crippen LogP contribution in [-0.4, -0.2) is 40.0 Å². The molecule has 2 aromatic heterocycles. The van der Waals surface area contributed by atoms with Crippen molar-refractivity contribution >= 4 is 33.2 Å². The van der Waals surface area contributed by atoms with Crippen LogP contribution in [0.3, 0.4) is 0 Å². The largest absolute Gasteiger partial charge is 0.470 e.